The lowest BCUT2D eigenvalue weighted by atomic mass is 9.94. The zero-order valence-corrected chi connectivity index (χ0v) is 18.6. The molecule has 0 aliphatic heterocycles. The molecule has 4 aromatic rings. The van der Waals surface area contributed by atoms with Gasteiger partial charge in [0.1, 0.15) is 23.3 Å². The molecule has 5 rings (SSSR count). The molecule has 1 aliphatic rings. The van der Waals surface area contributed by atoms with Crippen molar-refractivity contribution in [3.8, 4) is 22.6 Å². The number of carbonyl (C=O) groups is 1. The Kier molecular flexibility index (Phi) is 5.97. The van der Waals surface area contributed by atoms with Gasteiger partial charge in [-0.1, -0.05) is 43.2 Å². The van der Waals surface area contributed by atoms with Gasteiger partial charge in [-0.15, -0.1) is 0 Å². The second-order valence-electron chi connectivity index (χ2n) is 8.34. The van der Waals surface area contributed by atoms with E-state index in [-0.39, 0.29) is 5.91 Å². The first-order valence-electron chi connectivity index (χ1n) is 11.3. The lowest BCUT2D eigenvalue weighted by molar-refractivity contribution is -0.116. The number of ether oxygens (including phenoxy) is 1. The summed E-state index contributed by atoms with van der Waals surface area (Å²) < 4.78 is 7.85. The lowest BCUT2D eigenvalue weighted by Gasteiger charge is -2.11. The van der Waals surface area contributed by atoms with Crippen LogP contribution >= 0.6 is 0 Å². The van der Waals surface area contributed by atoms with E-state index in [2.05, 4.69) is 15.5 Å². The van der Waals surface area contributed by atoms with Crippen LogP contribution < -0.4 is 21.7 Å². The first kappa shape index (κ1) is 21.7. The molecule has 0 atom stereocenters. The maximum Gasteiger partial charge on any atom is 0.257 e. The molecule has 0 radical (unpaired) electrons. The number of fused-ring (bicyclic) bond motifs is 1. The molecule has 0 unspecified atom stereocenters. The van der Waals surface area contributed by atoms with E-state index in [4.69, 9.17) is 16.3 Å². The smallest absolute Gasteiger partial charge is 0.257 e. The fourth-order valence-electron chi connectivity index (χ4n) is 4.73. The molecule has 1 aliphatic carbocycles. The summed E-state index contributed by atoms with van der Waals surface area (Å²) in [6, 6.07) is 17.4. The van der Waals surface area contributed by atoms with Crippen LogP contribution in [0.3, 0.4) is 0 Å². The largest absolute Gasteiger partial charge is 0.457 e. The highest BCUT2D eigenvalue weighted by Gasteiger charge is 2.28. The van der Waals surface area contributed by atoms with Gasteiger partial charge < -0.3 is 10.5 Å². The fraction of sp³-hybridized carbons (Fsp3) is 0.192. The molecule has 1 saturated carbocycles. The van der Waals surface area contributed by atoms with E-state index < -0.39 is 0 Å². The predicted octanol–water partition coefficient (Wildman–Crippen LogP) is 4.43. The molecule has 0 spiro atoms. The second-order valence-corrected chi connectivity index (χ2v) is 8.34. The van der Waals surface area contributed by atoms with Crippen LogP contribution in [0.15, 0.2) is 67.0 Å². The van der Waals surface area contributed by atoms with E-state index in [0.29, 0.717) is 11.7 Å². The summed E-state index contributed by atoms with van der Waals surface area (Å²) in [5.74, 6) is 7.12. The van der Waals surface area contributed by atoms with Crippen LogP contribution in [-0.2, 0) is 4.79 Å². The Morgan fingerprint density at radius 2 is 1.76 bits per heavy atom. The Morgan fingerprint density at radius 3 is 2.47 bits per heavy atom. The molecule has 1 amide bonds. The first-order chi connectivity index (χ1) is 16.7. The maximum atomic E-state index is 12.0. The number of nitrogen functional groups attached to an aromatic ring is 1. The van der Waals surface area contributed by atoms with Crippen molar-refractivity contribution >= 4 is 23.3 Å². The van der Waals surface area contributed by atoms with Crippen molar-refractivity contribution in [1.82, 2.24) is 20.0 Å². The van der Waals surface area contributed by atoms with Crippen molar-refractivity contribution in [3.63, 3.8) is 0 Å². The van der Waals surface area contributed by atoms with Crippen molar-refractivity contribution in [3.05, 3.63) is 78.3 Å². The molecule has 8 nitrogen and oxygen atoms in total. The topological polar surface area (TPSA) is 121 Å². The van der Waals surface area contributed by atoms with Gasteiger partial charge in [0, 0.05) is 23.1 Å². The van der Waals surface area contributed by atoms with Gasteiger partial charge in [-0.05, 0) is 48.7 Å². The maximum absolute atomic E-state index is 12.0. The molecule has 8 heteroatoms. The molecule has 0 saturated heterocycles. The summed E-state index contributed by atoms with van der Waals surface area (Å²) in [5, 5.41) is 4.56. The number of nitrogens with zero attached hydrogens (tertiary/aromatic N) is 3. The summed E-state index contributed by atoms with van der Waals surface area (Å²) in [6.07, 6.45) is 9.15. The van der Waals surface area contributed by atoms with Crippen LogP contribution in [0.25, 0.3) is 22.7 Å². The van der Waals surface area contributed by atoms with Gasteiger partial charge in [0.25, 0.3) is 5.91 Å². The number of hydrogen-bond donors (Lipinski definition) is 3. The van der Waals surface area contributed by atoms with E-state index in [1.165, 1.54) is 12.4 Å². The number of amides is 1. The number of rotatable bonds is 6. The average molecular weight is 455 g/mol. The number of benzene rings is 2. The number of hydrazine groups is 1. The summed E-state index contributed by atoms with van der Waals surface area (Å²) in [5.41, 5.74) is 13.0. The van der Waals surface area contributed by atoms with E-state index in [1.807, 2.05) is 59.1 Å². The first-order valence-corrected chi connectivity index (χ1v) is 11.3. The second kappa shape index (κ2) is 9.36. The molecular weight excluding hydrogens is 428 g/mol. The summed E-state index contributed by atoms with van der Waals surface area (Å²) in [7, 11) is 0. The number of carbonyl (C=O) groups excluding carboxylic acids is 1. The normalized spacial score (nSPS) is 14.1. The van der Waals surface area contributed by atoms with Crippen molar-refractivity contribution in [2.45, 2.75) is 31.6 Å². The SMILES string of the molecule is NNC(=O)/C=C/c1c(-c2ccc(Oc3ccccc3)cc2)c2c(N)ncnn2c1C1CCCC1. The minimum atomic E-state index is -0.385. The summed E-state index contributed by atoms with van der Waals surface area (Å²) in [6.45, 7) is 0. The van der Waals surface area contributed by atoms with Crippen molar-refractivity contribution < 1.29 is 9.53 Å². The molecule has 172 valence electrons. The van der Waals surface area contributed by atoms with Gasteiger partial charge in [0.05, 0.1) is 5.69 Å². The molecule has 2 heterocycles. The molecular formula is C26H26N6O2. The summed E-state index contributed by atoms with van der Waals surface area (Å²) >= 11 is 0. The van der Waals surface area contributed by atoms with E-state index in [1.54, 1.807) is 6.08 Å². The quantitative estimate of drug-likeness (QED) is 0.172. The Balaban J connectivity index is 1.66. The third kappa shape index (κ3) is 4.11. The third-order valence-corrected chi connectivity index (χ3v) is 6.24. The Bertz CT molecular complexity index is 1340. The summed E-state index contributed by atoms with van der Waals surface area (Å²) in [4.78, 5) is 16.2. The minimum Gasteiger partial charge on any atom is -0.457 e. The minimum absolute atomic E-state index is 0.317. The van der Waals surface area contributed by atoms with Gasteiger partial charge in [-0.2, -0.15) is 5.10 Å². The van der Waals surface area contributed by atoms with Crippen LogP contribution in [0.1, 0.15) is 42.9 Å². The van der Waals surface area contributed by atoms with Crippen LogP contribution in [0.4, 0.5) is 5.82 Å². The highest BCUT2D eigenvalue weighted by molar-refractivity contribution is 5.98. The number of hydrogen-bond acceptors (Lipinski definition) is 6. The third-order valence-electron chi connectivity index (χ3n) is 6.24. The zero-order valence-electron chi connectivity index (χ0n) is 18.6. The van der Waals surface area contributed by atoms with Crippen molar-refractivity contribution in [2.24, 2.45) is 5.84 Å². The predicted molar refractivity (Wildman–Crippen MR) is 132 cm³/mol. The van der Waals surface area contributed by atoms with Gasteiger partial charge in [0.2, 0.25) is 0 Å². The van der Waals surface area contributed by atoms with Crippen LogP contribution in [0, 0.1) is 0 Å². The Labute approximate surface area is 197 Å². The number of aromatic nitrogens is 3. The highest BCUT2D eigenvalue weighted by atomic mass is 16.5. The van der Waals surface area contributed by atoms with Crippen LogP contribution in [0.5, 0.6) is 11.5 Å². The van der Waals surface area contributed by atoms with Gasteiger partial charge in [-0.3, -0.25) is 10.2 Å². The highest BCUT2D eigenvalue weighted by Crippen LogP contribution is 2.44. The van der Waals surface area contributed by atoms with Gasteiger partial charge >= 0.3 is 0 Å². The zero-order chi connectivity index (χ0) is 23.5. The van der Waals surface area contributed by atoms with Crippen LogP contribution in [-0.4, -0.2) is 20.5 Å². The van der Waals surface area contributed by atoms with E-state index in [0.717, 1.165) is 65.1 Å². The standard InChI is InChI=1S/C26H26N6O2/c27-26-25-23(17-10-12-20(13-11-17)34-19-8-2-1-3-9-19)21(14-15-22(33)31-28)24(18-6-4-5-7-18)32(25)30-16-29-26/h1-3,8-16,18H,4-7,28H2,(H,31,33)(H2,27,29,30)/b15-14+. The lowest BCUT2D eigenvalue weighted by Crippen LogP contribution is -2.27. The number of para-hydroxylation sites is 1. The molecule has 5 N–H and O–H groups in total. The average Bonchev–Trinajstić information content (AvgIpc) is 3.50. The monoisotopic (exact) mass is 454 g/mol. The fourth-order valence-corrected chi connectivity index (χ4v) is 4.73. The van der Waals surface area contributed by atoms with Gasteiger partial charge in [0.15, 0.2) is 5.82 Å². The molecule has 1 fully saturated rings. The molecule has 34 heavy (non-hydrogen) atoms. The van der Waals surface area contributed by atoms with Crippen molar-refractivity contribution in [2.75, 3.05) is 5.73 Å². The Hall–Kier alpha value is -4.17. The Morgan fingerprint density at radius 1 is 1.06 bits per heavy atom. The molecule has 2 aromatic heterocycles. The number of nitrogens with one attached hydrogen (secondary N) is 1. The molecule has 2 aromatic carbocycles. The van der Waals surface area contributed by atoms with E-state index in [9.17, 15) is 4.79 Å². The molecule has 0 bridgehead atoms. The van der Waals surface area contributed by atoms with Crippen molar-refractivity contribution in [1.29, 1.82) is 0 Å². The van der Waals surface area contributed by atoms with Gasteiger partial charge in [-0.25, -0.2) is 15.3 Å². The van der Waals surface area contributed by atoms with E-state index >= 15 is 0 Å². The van der Waals surface area contributed by atoms with Crippen LogP contribution in [0.2, 0.25) is 0 Å². The number of anilines is 1. The number of nitrogens with two attached hydrogens (primary N) is 2.